The Morgan fingerprint density at radius 3 is 2.91 bits per heavy atom. The van der Waals surface area contributed by atoms with E-state index in [0.717, 1.165) is 5.56 Å². The van der Waals surface area contributed by atoms with Crippen molar-refractivity contribution >= 4 is 29.5 Å². The minimum Gasteiger partial charge on any atom is -0.274 e. The number of carbonyl (C=O) groups is 1. The zero-order valence-electron chi connectivity index (χ0n) is 5.62. The van der Waals surface area contributed by atoms with Gasteiger partial charge in [0, 0.05) is 11.9 Å². The maximum absolute atomic E-state index is 10.7. The topological polar surface area (TPSA) is 30.0 Å². The van der Waals surface area contributed by atoms with Crippen molar-refractivity contribution in [3.63, 3.8) is 0 Å². The summed E-state index contributed by atoms with van der Waals surface area (Å²) in [5.41, 5.74) is 1.06. The van der Waals surface area contributed by atoms with Gasteiger partial charge in [0.2, 0.25) is 0 Å². The Hall–Kier alpha value is -0.540. The molecule has 2 nitrogen and oxygen atoms in total. The fourth-order valence-electron chi connectivity index (χ4n) is 0.743. The molecule has 11 heavy (non-hydrogen) atoms. The fraction of sp³-hybridized carbons (Fsp3) is 0.143. The van der Waals surface area contributed by atoms with Gasteiger partial charge in [0.1, 0.15) is 5.69 Å². The standard InChI is InChI=1S/C7H6ClNOS/c8-7(10)6-5(4-11)2-1-3-9-6/h1-3,11H,4H2. The molecule has 0 radical (unpaired) electrons. The van der Waals surface area contributed by atoms with E-state index in [1.807, 2.05) is 0 Å². The Bertz CT molecular complexity index is 277. The van der Waals surface area contributed by atoms with Crippen LogP contribution in [0.1, 0.15) is 16.1 Å². The van der Waals surface area contributed by atoms with Crippen molar-refractivity contribution in [1.82, 2.24) is 4.98 Å². The average molecular weight is 188 g/mol. The van der Waals surface area contributed by atoms with Crippen molar-refractivity contribution in [3.8, 4) is 0 Å². The molecule has 0 unspecified atom stereocenters. The molecule has 0 amide bonds. The van der Waals surface area contributed by atoms with Crippen molar-refractivity contribution in [1.29, 1.82) is 0 Å². The minimum absolute atomic E-state index is 0.296. The van der Waals surface area contributed by atoms with Crippen LogP contribution >= 0.6 is 24.2 Å². The number of rotatable bonds is 2. The number of thiol groups is 1. The third-order valence-electron chi connectivity index (χ3n) is 1.25. The van der Waals surface area contributed by atoms with Crippen LogP contribution < -0.4 is 0 Å². The normalized spacial score (nSPS) is 9.64. The maximum atomic E-state index is 10.7. The van der Waals surface area contributed by atoms with Crippen molar-refractivity contribution in [2.24, 2.45) is 0 Å². The lowest BCUT2D eigenvalue weighted by atomic mass is 10.2. The summed E-state index contributed by atoms with van der Waals surface area (Å²) in [5.74, 6) is 0.474. The molecule has 0 aliphatic rings. The van der Waals surface area contributed by atoms with Crippen molar-refractivity contribution in [3.05, 3.63) is 29.6 Å². The van der Waals surface area contributed by atoms with Gasteiger partial charge < -0.3 is 0 Å². The molecule has 0 atom stereocenters. The van der Waals surface area contributed by atoms with Gasteiger partial charge in [-0.1, -0.05) is 6.07 Å². The highest BCUT2D eigenvalue weighted by atomic mass is 35.5. The van der Waals surface area contributed by atoms with Crippen molar-refractivity contribution in [2.75, 3.05) is 0 Å². The molecule has 1 heterocycles. The molecule has 58 valence electrons. The van der Waals surface area contributed by atoms with Gasteiger partial charge in [0.25, 0.3) is 5.24 Å². The Kier molecular flexibility index (Phi) is 2.91. The number of aromatic nitrogens is 1. The molecule has 0 spiro atoms. The van der Waals surface area contributed by atoms with Crippen LogP contribution in [0.4, 0.5) is 0 Å². The van der Waals surface area contributed by atoms with Crippen molar-refractivity contribution in [2.45, 2.75) is 5.75 Å². The highest BCUT2D eigenvalue weighted by molar-refractivity contribution is 7.79. The van der Waals surface area contributed by atoms with Crippen LogP contribution in [0.2, 0.25) is 0 Å². The first-order chi connectivity index (χ1) is 5.25. The largest absolute Gasteiger partial charge is 0.274 e. The first-order valence-electron chi connectivity index (χ1n) is 3.00. The lowest BCUT2D eigenvalue weighted by Crippen LogP contribution is -1.98. The van der Waals surface area contributed by atoms with E-state index in [-0.39, 0.29) is 0 Å². The first-order valence-corrected chi connectivity index (χ1v) is 4.01. The van der Waals surface area contributed by atoms with Crippen LogP contribution in [0.5, 0.6) is 0 Å². The minimum atomic E-state index is -0.533. The molecule has 0 aliphatic carbocycles. The highest BCUT2D eigenvalue weighted by Crippen LogP contribution is 2.09. The van der Waals surface area contributed by atoms with E-state index in [4.69, 9.17) is 11.6 Å². The Labute approximate surface area is 75.0 Å². The molecule has 0 N–H and O–H groups in total. The molecule has 1 aromatic rings. The van der Waals surface area contributed by atoms with Gasteiger partial charge in [0.05, 0.1) is 0 Å². The summed E-state index contributed by atoms with van der Waals surface area (Å²) < 4.78 is 0. The quantitative estimate of drug-likeness (QED) is 0.566. The molecule has 0 saturated heterocycles. The predicted molar refractivity (Wildman–Crippen MR) is 47.1 cm³/mol. The second-order valence-corrected chi connectivity index (χ2v) is 2.60. The predicted octanol–water partition coefficient (Wildman–Crippen LogP) is 1.89. The van der Waals surface area contributed by atoms with Crippen LogP contribution in [0, 0.1) is 0 Å². The molecule has 0 bridgehead atoms. The average Bonchev–Trinajstić information content (AvgIpc) is 2.04. The van der Waals surface area contributed by atoms with Crippen LogP contribution in [0.3, 0.4) is 0 Å². The van der Waals surface area contributed by atoms with Gasteiger partial charge in [0.15, 0.2) is 0 Å². The van der Waals surface area contributed by atoms with E-state index >= 15 is 0 Å². The zero-order valence-corrected chi connectivity index (χ0v) is 7.27. The van der Waals surface area contributed by atoms with E-state index < -0.39 is 5.24 Å². The Balaban J connectivity index is 3.12. The van der Waals surface area contributed by atoms with E-state index in [1.165, 1.54) is 6.20 Å². The SMILES string of the molecule is O=C(Cl)c1ncccc1CS. The molecule has 0 fully saturated rings. The van der Waals surface area contributed by atoms with E-state index in [9.17, 15) is 4.79 Å². The van der Waals surface area contributed by atoms with Gasteiger partial charge in [-0.05, 0) is 23.2 Å². The van der Waals surface area contributed by atoms with Gasteiger partial charge in [-0.2, -0.15) is 12.6 Å². The number of hydrogen-bond acceptors (Lipinski definition) is 3. The fourth-order valence-corrected chi connectivity index (χ4v) is 1.17. The number of nitrogens with zero attached hydrogens (tertiary/aromatic N) is 1. The number of carbonyl (C=O) groups excluding carboxylic acids is 1. The van der Waals surface area contributed by atoms with Crippen LogP contribution in [0.15, 0.2) is 18.3 Å². The summed E-state index contributed by atoms with van der Waals surface area (Å²) in [7, 11) is 0. The van der Waals surface area contributed by atoms with Crippen LogP contribution in [-0.2, 0) is 5.75 Å². The van der Waals surface area contributed by atoms with E-state index in [0.29, 0.717) is 11.4 Å². The molecule has 0 aromatic carbocycles. The monoisotopic (exact) mass is 187 g/mol. The number of halogens is 1. The van der Waals surface area contributed by atoms with Gasteiger partial charge in [-0.15, -0.1) is 0 Å². The molecule has 4 heteroatoms. The Morgan fingerprint density at radius 2 is 2.45 bits per heavy atom. The van der Waals surface area contributed by atoms with Crippen LogP contribution in [0.25, 0.3) is 0 Å². The van der Waals surface area contributed by atoms with E-state index in [2.05, 4.69) is 17.6 Å². The second-order valence-electron chi connectivity index (χ2n) is 1.94. The summed E-state index contributed by atoms with van der Waals surface area (Å²) in [4.78, 5) is 14.5. The Morgan fingerprint density at radius 1 is 1.73 bits per heavy atom. The third kappa shape index (κ3) is 1.94. The van der Waals surface area contributed by atoms with Crippen molar-refractivity contribution < 1.29 is 4.79 Å². The highest BCUT2D eigenvalue weighted by Gasteiger charge is 2.07. The summed E-state index contributed by atoms with van der Waals surface area (Å²) in [6.07, 6.45) is 1.53. The van der Waals surface area contributed by atoms with E-state index in [1.54, 1.807) is 12.1 Å². The lowest BCUT2D eigenvalue weighted by Gasteiger charge is -1.98. The number of pyridine rings is 1. The molecule has 1 rings (SSSR count). The zero-order chi connectivity index (χ0) is 8.27. The van der Waals surface area contributed by atoms with Crippen LogP contribution in [-0.4, -0.2) is 10.2 Å². The molecular weight excluding hydrogens is 182 g/mol. The van der Waals surface area contributed by atoms with Gasteiger partial charge in [-0.3, -0.25) is 9.78 Å². The molecule has 0 saturated carbocycles. The summed E-state index contributed by atoms with van der Waals surface area (Å²) >= 11 is 9.28. The van der Waals surface area contributed by atoms with Gasteiger partial charge in [-0.25, -0.2) is 0 Å². The summed E-state index contributed by atoms with van der Waals surface area (Å²) in [6, 6.07) is 3.52. The molecule has 0 aliphatic heterocycles. The summed E-state index contributed by atoms with van der Waals surface area (Å²) in [5, 5.41) is -0.533. The molecular formula is C7H6ClNOS. The lowest BCUT2D eigenvalue weighted by molar-refractivity contribution is 0.107. The summed E-state index contributed by atoms with van der Waals surface area (Å²) in [6.45, 7) is 0. The second kappa shape index (κ2) is 3.74. The smallest absolute Gasteiger partial charge is 0.271 e. The third-order valence-corrected chi connectivity index (χ3v) is 1.77. The first kappa shape index (κ1) is 8.56. The molecule has 1 aromatic heterocycles. The maximum Gasteiger partial charge on any atom is 0.271 e. The van der Waals surface area contributed by atoms with Gasteiger partial charge >= 0.3 is 0 Å². The number of hydrogen-bond donors (Lipinski definition) is 1.